The van der Waals surface area contributed by atoms with Gasteiger partial charge in [0.1, 0.15) is 0 Å². The van der Waals surface area contributed by atoms with E-state index in [1.807, 2.05) is 19.1 Å². The molecule has 2 heterocycles. The molecule has 58 valence electrons. The lowest BCUT2D eigenvalue weighted by atomic mass is 10.0. The fourth-order valence-electron chi connectivity index (χ4n) is 1.38. The summed E-state index contributed by atoms with van der Waals surface area (Å²) in [4.78, 5) is 12.5. The highest BCUT2D eigenvalue weighted by Crippen LogP contribution is 2.38. The van der Waals surface area contributed by atoms with E-state index < -0.39 is 0 Å². The molecule has 0 spiro atoms. The number of hydrogen-bond donors (Lipinski definition) is 1. The molecule has 2 nitrogen and oxygen atoms in total. The summed E-state index contributed by atoms with van der Waals surface area (Å²) in [5.74, 6) is 0.201. The van der Waals surface area contributed by atoms with Gasteiger partial charge >= 0.3 is 0 Å². The highest BCUT2D eigenvalue weighted by atomic mass is 32.2. The molecule has 0 bridgehead atoms. The van der Waals surface area contributed by atoms with Crippen molar-refractivity contribution in [3.8, 4) is 0 Å². The maximum atomic E-state index is 11.2. The fourth-order valence-corrected chi connectivity index (χ4v) is 2.54. The minimum atomic E-state index is 0.0741. The Balaban J connectivity index is 2.28. The zero-order valence-electron chi connectivity index (χ0n) is 6.20. The van der Waals surface area contributed by atoms with E-state index in [0.717, 1.165) is 0 Å². The zero-order chi connectivity index (χ0) is 7.84. The van der Waals surface area contributed by atoms with Gasteiger partial charge < -0.3 is 5.32 Å². The summed E-state index contributed by atoms with van der Waals surface area (Å²) in [5, 5.41) is 3.05. The topological polar surface area (TPSA) is 29.1 Å². The summed E-state index contributed by atoms with van der Waals surface area (Å²) >= 11 is 1.77. The Morgan fingerprint density at radius 1 is 1.64 bits per heavy atom. The molecular formula is C8H9NOS. The molecule has 2 unspecified atom stereocenters. The number of amides is 1. The lowest BCUT2D eigenvalue weighted by Crippen LogP contribution is -2.33. The smallest absolute Gasteiger partial charge is 0.232 e. The predicted octanol–water partition coefficient (Wildman–Crippen LogP) is 1.27. The van der Waals surface area contributed by atoms with Crippen molar-refractivity contribution >= 4 is 17.7 Å². The van der Waals surface area contributed by atoms with Crippen LogP contribution in [0.15, 0.2) is 23.3 Å². The van der Waals surface area contributed by atoms with Crippen molar-refractivity contribution < 1.29 is 4.79 Å². The SMILES string of the molecule is CC1=CC2C(=O)NC=CC2S1. The molecule has 0 saturated heterocycles. The predicted molar refractivity (Wildman–Crippen MR) is 45.9 cm³/mol. The van der Waals surface area contributed by atoms with E-state index in [1.165, 1.54) is 4.91 Å². The van der Waals surface area contributed by atoms with Crippen LogP contribution >= 0.6 is 11.8 Å². The van der Waals surface area contributed by atoms with Gasteiger partial charge in [0.15, 0.2) is 0 Å². The molecule has 0 aliphatic carbocycles. The van der Waals surface area contributed by atoms with Crippen LogP contribution < -0.4 is 5.32 Å². The Morgan fingerprint density at radius 3 is 3.18 bits per heavy atom. The van der Waals surface area contributed by atoms with Crippen molar-refractivity contribution in [1.29, 1.82) is 0 Å². The van der Waals surface area contributed by atoms with Gasteiger partial charge in [-0.25, -0.2) is 0 Å². The molecule has 0 aromatic rings. The zero-order valence-corrected chi connectivity index (χ0v) is 7.02. The van der Waals surface area contributed by atoms with E-state index in [9.17, 15) is 4.79 Å². The van der Waals surface area contributed by atoms with Crippen LogP contribution in [0.3, 0.4) is 0 Å². The van der Waals surface area contributed by atoms with Gasteiger partial charge in [-0.1, -0.05) is 12.2 Å². The standard InChI is InChI=1S/C8H9NOS/c1-5-4-6-7(11-5)2-3-9-8(6)10/h2-4,6-7H,1H3,(H,9,10). The van der Waals surface area contributed by atoms with Crippen molar-refractivity contribution in [3.05, 3.63) is 23.3 Å². The third-order valence-corrected chi connectivity index (χ3v) is 3.13. The molecule has 0 aromatic carbocycles. The summed E-state index contributed by atoms with van der Waals surface area (Å²) in [6.45, 7) is 2.05. The number of carbonyl (C=O) groups is 1. The molecule has 2 aliphatic rings. The molecule has 3 heteroatoms. The van der Waals surface area contributed by atoms with Crippen molar-refractivity contribution in [2.24, 2.45) is 5.92 Å². The van der Waals surface area contributed by atoms with Gasteiger partial charge in [-0.2, -0.15) is 0 Å². The number of fused-ring (bicyclic) bond motifs is 1. The first-order chi connectivity index (χ1) is 5.27. The molecular weight excluding hydrogens is 158 g/mol. The van der Waals surface area contributed by atoms with Gasteiger partial charge in [-0.05, 0) is 11.8 Å². The van der Waals surface area contributed by atoms with E-state index in [-0.39, 0.29) is 11.8 Å². The third-order valence-electron chi connectivity index (χ3n) is 1.90. The Hall–Kier alpha value is -0.700. The molecule has 0 aromatic heterocycles. The fraction of sp³-hybridized carbons (Fsp3) is 0.375. The Bertz CT molecular complexity index is 257. The van der Waals surface area contributed by atoms with E-state index in [2.05, 4.69) is 5.32 Å². The van der Waals surface area contributed by atoms with E-state index in [1.54, 1.807) is 18.0 Å². The molecule has 1 amide bonds. The van der Waals surface area contributed by atoms with Gasteiger partial charge in [-0.3, -0.25) is 4.79 Å². The van der Waals surface area contributed by atoms with Crippen LogP contribution in [0.25, 0.3) is 0 Å². The number of hydrogen-bond acceptors (Lipinski definition) is 2. The van der Waals surface area contributed by atoms with Crippen LogP contribution in [0.2, 0.25) is 0 Å². The minimum absolute atomic E-state index is 0.0741. The van der Waals surface area contributed by atoms with E-state index in [0.29, 0.717) is 5.25 Å². The summed E-state index contributed by atoms with van der Waals surface area (Å²) in [7, 11) is 0. The normalized spacial score (nSPS) is 34.6. The van der Waals surface area contributed by atoms with E-state index in [4.69, 9.17) is 0 Å². The van der Waals surface area contributed by atoms with Crippen LogP contribution in [0, 0.1) is 5.92 Å². The first-order valence-electron chi connectivity index (χ1n) is 3.59. The van der Waals surface area contributed by atoms with Crippen LogP contribution in [-0.4, -0.2) is 11.2 Å². The monoisotopic (exact) mass is 167 g/mol. The van der Waals surface area contributed by atoms with Crippen LogP contribution in [0.1, 0.15) is 6.92 Å². The van der Waals surface area contributed by atoms with Crippen molar-refractivity contribution in [2.45, 2.75) is 12.2 Å². The molecule has 2 aliphatic heterocycles. The second kappa shape index (κ2) is 2.41. The first kappa shape index (κ1) is 6.98. The lowest BCUT2D eigenvalue weighted by molar-refractivity contribution is -0.122. The molecule has 0 fully saturated rings. The molecule has 11 heavy (non-hydrogen) atoms. The Kier molecular flexibility index (Phi) is 1.53. The quantitative estimate of drug-likeness (QED) is 0.588. The minimum Gasteiger partial charge on any atom is -0.332 e. The third kappa shape index (κ3) is 1.09. The Morgan fingerprint density at radius 2 is 2.45 bits per heavy atom. The molecule has 0 saturated carbocycles. The second-order valence-corrected chi connectivity index (χ2v) is 4.18. The van der Waals surface area contributed by atoms with Crippen molar-refractivity contribution in [3.63, 3.8) is 0 Å². The van der Waals surface area contributed by atoms with Gasteiger partial charge in [0.2, 0.25) is 5.91 Å². The number of allylic oxidation sites excluding steroid dienone is 1. The highest BCUT2D eigenvalue weighted by Gasteiger charge is 2.32. The molecule has 1 N–H and O–H groups in total. The van der Waals surface area contributed by atoms with Gasteiger partial charge in [0.05, 0.1) is 5.92 Å². The second-order valence-electron chi connectivity index (χ2n) is 2.75. The molecule has 0 radical (unpaired) electrons. The first-order valence-corrected chi connectivity index (χ1v) is 4.47. The van der Waals surface area contributed by atoms with Crippen molar-refractivity contribution in [1.82, 2.24) is 5.32 Å². The summed E-state index contributed by atoms with van der Waals surface area (Å²) in [6.07, 6.45) is 5.82. The number of carbonyl (C=O) groups excluding carboxylic acids is 1. The van der Waals surface area contributed by atoms with E-state index >= 15 is 0 Å². The van der Waals surface area contributed by atoms with Crippen molar-refractivity contribution in [2.75, 3.05) is 0 Å². The largest absolute Gasteiger partial charge is 0.332 e. The van der Waals surface area contributed by atoms with Crippen LogP contribution in [0.5, 0.6) is 0 Å². The Labute approximate surface area is 69.7 Å². The maximum absolute atomic E-state index is 11.2. The van der Waals surface area contributed by atoms with Gasteiger partial charge in [0.25, 0.3) is 0 Å². The maximum Gasteiger partial charge on any atom is 0.232 e. The average molecular weight is 167 g/mol. The summed E-state index contributed by atoms with van der Waals surface area (Å²) < 4.78 is 0. The number of thioether (sulfide) groups is 1. The van der Waals surface area contributed by atoms with Crippen LogP contribution in [-0.2, 0) is 4.79 Å². The number of nitrogens with one attached hydrogen (secondary N) is 1. The average Bonchev–Trinajstić information content (AvgIpc) is 2.31. The van der Waals surface area contributed by atoms with Gasteiger partial charge in [-0.15, -0.1) is 11.8 Å². The summed E-state index contributed by atoms with van der Waals surface area (Å²) in [5.41, 5.74) is 0. The highest BCUT2D eigenvalue weighted by molar-refractivity contribution is 8.04. The number of rotatable bonds is 0. The van der Waals surface area contributed by atoms with Crippen LogP contribution in [0.4, 0.5) is 0 Å². The molecule has 2 rings (SSSR count). The summed E-state index contributed by atoms with van der Waals surface area (Å²) in [6, 6.07) is 0. The van der Waals surface area contributed by atoms with Gasteiger partial charge in [0, 0.05) is 11.4 Å². The molecule has 2 atom stereocenters. The lowest BCUT2D eigenvalue weighted by Gasteiger charge is -2.17.